The molecule has 0 spiro atoms. The van der Waals surface area contributed by atoms with E-state index in [-0.39, 0.29) is 5.82 Å². The monoisotopic (exact) mass is 263 g/mol. The molecular weight excluding hydrogens is 245 g/mol. The normalized spacial score (nSPS) is 10.6. The summed E-state index contributed by atoms with van der Waals surface area (Å²) in [4.78, 5) is 0. The summed E-state index contributed by atoms with van der Waals surface area (Å²) in [5.41, 5.74) is 3.72. The average Bonchev–Trinajstić information content (AvgIpc) is 2.62. The number of halogens is 1. The average molecular weight is 263 g/mol. The van der Waals surface area contributed by atoms with Gasteiger partial charge in [-0.3, -0.25) is 0 Å². The molecule has 0 atom stereocenters. The van der Waals surface area contributed by atoms with Gasteiger partial charge in [0.15, 0.2) is 0 Å². The van der Waals surface area contributed by atoms with Gasteiger partial charge in [0, 0.05) is 19.3 Å². The lowest BCUT2D eigenvalue weighted by molar-refractivity contribution is 0.370. The standard InChI is InChI=1S/C14H18FN3O/c1-9-7-11(15)5-6-13(9)16-8-12-10(2)17-18(3)14(12)19-4/h5-7,16H,8H2,1-4H3. The van der Waals surface area contributed by atoms with Crippen LogP contribution in [-0.4, -0.2) is 16.9 Å². The second kappa shape index (κ2) is 5.30. The topological polar surface area (TPSA) is 39.1 Å². The molecule has 1 heterocycles. The van der Waals surface area contributed by atoms with Crippen molar-refractivity contribution in [2.24, 2.45) is 7.05 Å². The van der Waals surface area contributed by atoms with Crippen LogP contribution < -0.4 is 10.1 Å². The summed E-state index contributed by atoms with van der Waals surface area (Å²) in [5, 5.41) is 7.61. The van der Waals surface area contributed by atoms with Crippen LogP contribution in [0.4, 0.5) is 10.1 Å². The number of rotatable bonds is 4. The zero-order valence-corrected chi connectivity index (χ0v) is 11.6. The van der Waals surface area contributed by atoms with E-state index in [1.807, 2.05) is 20.9 Å². The van der Waals surface area contributed by atoms with Crippen LogP contribution in [0.2, 0.25) is 0 Å². The summed E-state index contributed by atoms with van der Waals surface area (Å²) in [6.45, 7) is 4.41. The molecule has 1 N–H and O–H groups in total. The van der Waals surface area contributed by atoms with E-state index in [4.69, 9.17) is 4.74 Å². The van der Waals surface area contributed by atoms with Gasteiger partial charge in [-0.1, -0.05) is 0 Å². The quantitative estimate of drug-likeness (QED) is 0.922. The maximum Gasteiger partial charge on any atom is 0.216 e. The van der Waals surface area contributed by atoms with E-state index >= 15 is 0 Å². The van der Waals surface area contributed by atoms with Gasteiger partial charge >= 0.3 is 0 Å². The molecule has 0 amide bonds. The Morgan fingerprint density at radius 2 is 2.11 bits per heavy atom. The minimum atomic E-state index is -0.224. The first kappa shape index (κ1) is 13.4. The Kier molecular flexibility index (Phi) is 3.74. The highest BCUT2D eigenvalue weighted by Crippen LogP contribution is 2.23. The Morgan fingerprint density at radius 3 is 2.74 bits per heavy atom. The van der Waals surface area contributed by atoms with Crippen LogP contribution in [0.1, 0.15) is 16.8 Å². The number of aryl methyl sites for hydroxylation is 3. The molecule has 2 rings (SSSR count). The maximum absolute atomic E-state index is 13.0. The van der Waals surface area contributed by atoms with Crippen LogP contribution in [0.3, 0.4) is 0 Å². The van der Waals surface area contributed by atoms with Crippen LogP contribution in [0.25, 0.3) is 0 Å². The Balaban J connectivity index is 2.19. The van der Waals surface area contributed by atoms with Crippen molar-refractivity contribution in [2.45, 2.75) is 20.4 Å². The van der Waals surface area contributed by atoms with Gasteiger partial charge in [-0.15, -0.1) is 0 Å². The van der Waals surface area contributed by atoms with Crippen LogP contribution in [0, 0.1) is 19.7 Å². The molecule has 102 valence electrons. The number of nitrogens with zero attached hydrogens (tertiary/aromatic N) is 2. The van der Waals surface area contributed by atoms with E-state index in [9.17, 15) is 4.39 Å². The van der Waals surface area contributed by atoms with Crippen LogP contribution >= 0.6 is 0 Å². The molecule has 0 radical (unpaired) electrons. The Morgan fingerprint density at radius 1 is 1.37 bits per heavy atom. The minimum Gasteiger partial charge on any atom is -0.481 e. The molecule has 19 heavy (non-hydrogen) atoms. The summed E-state index contributed by atoms with van der Waals surface area (Å²) in [6, 6.07) is 4.70. The van der Waals surface area contributed by atoms with Crippen molar-refractivity contribution in [2.75, 3.05) is 12.4 Å². The molecule has 0 unspecified atom stereocenters. The number of hydrogen-bond acceptors (Lipinski definition) is 3. The fraction of sp³-hybridized carbons (Fsp3) is 0.357. The summed E-state index contributed by atoms with van der Waals surface area (Å²) in [6.07, 6.45) is 0. The van der Waals surface area contributed by atoms with E-state index in [0.29, 0.717) is 6.54 Å². The zero-order chi connectivity index (χ0) is 14.0. The molecule has 5 heteroatoms. The van der Waals surface area contributed by atoms with E-state index in [1.165, 1.54) is 12.1 Å². The number of anilines is 1. The van der Waals surface area contributed by atoms with Gasteiger partial charge in [0.1, 0.15) is 5.82 Å². The molecule has 0 aliphatic carbocycles. The van der Waals surface area contributed by atoms with E-state index in [0.717, 1.165) is 28.4 Å². The molecule has 0 saturated carbocycles. The van der Waals surface area contributed by atoms with Crippen molar-refractivity contribution in [1.29, 1.82) is 0 Å². The van der Waals surface area contributed by atoms with Crippen LogP contribution in [0.15, 0.2) is 18.2 Å². The van der Waals surface area contributed by atoms with E-state index < -0.39 is 0 Å². The molecule has 4 nitrogen and oxygen atoms in total. The first-order valence-electron chi connectivity index (χ1n) is 6.09. The highest BCUT2D eigenvalue weighted by atomic mass is 19.1. The molecular formula is C14H18FN3O. The lowest BCUT2D eigenvalue weighted by atomic mass is 10.2. The molecule has 0 bridgehead atoms. The predicted octanol–water partition coefficient (Wildman–Crippen LogP) is 2.80. The molecule has 0 aliphatic rings. The van der Waals surface area contributed by atoms with Crippen molar-refractivity contribution < 1.29 is 9.13 Å². The second-order valence-corrected chi connectivity index (χ2v) is 4.51. The lowest BCUT2D eigenvalue weighted by Crippen LogP contribution is -2.04. The molecule has 1 aromatic heterocycles. The first-order chi connectivity index (χ1) is 9.02. The second-order valence-electron chi connectivity index (χ2n) is 4.51. The number of aromatic nitrogens is 2. The number of methoxy groups -OCH3 is 1. The van der Waals surface area contributed by atoms with Crippen molar-refractivity contribution in [3.8, 4) is 5.88 Å². The zero-order valence-electron chi connectivity index (χ0n) is 11.6. The molecule has 2 aromatic rings. The Bertz CT molecular complexity index is 593. The summed E-state index contributed by atoms with van der Waals surface area (Å²) >= 11 is 0. The van der Waals surface area contributed by atoms with E-state index in [1.54, 1.807) is 17.9 Å². The maximum atomic E-state index is 13.0. The minimum absolute atomic E-state index is 0.224. The number of nitrogens with one attached hydrogen (secondary N) is 1. The van der Waals surface area contributed by atoms with Gasteiger partial charge in [0.25, 0.3) is 0 Å². The summed E-state index contributed by atoms with van der Waals surface area (Å²) in [7, 11) is 3.47. The lowest BCUT2D eigenvalue weighted by Gasteiger charge is -2.10. The fourth-order valence-electron chi connectivity index (χ4n) is 2.15. The molecule has 1 aromatic carbocycles. The first-order valence-corrected chi connectivity index (χ1v) is 6.09. The SMILES string of the molecule is COc1c(CNc2ccc(F)cc2C)c(C)nn1C. The molecule has 0 aliphatic heterocycles. The van der Waals surface area contributed by atoms with Gasteiger partial charge < -0.3 is 10.1 Å². The van der Waals surface area contributed by atoms with Gasteiger partial charge in [-0.05, 0) is 37.6 Å². The van der Waals surface area contributed by atoms with Gasteiger partial charge in [-0.25, -0.2) is 9.07 Å². The van der Waals surface area contributed by atoms with Gasteiger partial charge in [0.05, 0.1) is 18.4 Å². The van der Waals surface area contributed by atoms with Crippen LogP contribution in [0.5, 0.6) is 5.88 Å². The molecule has 0 saturated heterocycles. The van der Waals surface area contributed by atoms with Crippen molar-refractivity contribution in [3.05, 3.63) is 40.8 Å². The number of ether oxygens (including phenoxy) is 1. The van der Waals surface area contributed by atoms with Gasteiger partial charge in [-0.2, -0.15) is 5.10 Å². The van der Waals surface area contributed by atoms with Gasteiger partial charge in [0.2, 0.25) is 5.88 Å². The Hall–Kier alpha value is -2.04. The number of hydrogen-bond donors (Lipinski definition) is 1. The predicted molar refractivity (Wildman–Crippen MR) is 73.0 cm³/mol. The highest BCUT2D eigenvalue weighted by molar-refractivity contribution is 5.51. The molecule has 0 fully saturated rings. The Labute approximate surface area is 112 Å². The summed E-state index contributed by atoms with van der Waals surface area (Å²) in [5.74, 6) is 0.517. The van der Waals surface area contributed by atoms with Crippen molar-refractivity contribution in [1.82, 2.24) is 9.78 Å². The third-order valence-corrected chi connectivity index (χ3v) is 3.13. The van der Waals surface area contributed by atoms with Crippen molar-refractivity contribution in [3.63, 3.8) is 0 Å². The number of benzene rings is 1. The third kappa shape index (κ3) is 2.70. The third-order valence-electron chi connectivity index (χ3n) is 3.13. The summed E-state index contributed by atoms with van der Waals surface area (Å²) < 4.78 is 20.1. The fourth-order valence-corrected chi connectivity index (χ4v) is 2.15. The van der Waals surface area contributed by atoms with Crippen molar-refractivity contribution >= 4 is 5.69 Å². The van der Waals surface area contributed by atoms with E-state index in [2.05, 4.69) is 10.4 Å². The highest BCUT2D eigenvalue weighted by Gasteiger charge is 2.13. The van der Waals surface area contributed by atoms with Crippen LogP contribution in [-0.2, 0) is 13.6 Å². The smallest absolute Gasteiger partial charge is 0.216 e. The largest absolute Gasteiger partial charge is 0.481 e.